The number of carbonyl (C=O) groups is 1. The fourth-order valence-electron chi connectivity index (χ4n) is 4.99. The minimum Gasteiger partial charge on any atom is -0.387 e. The fraction of sp³-hybridized carbons (Fsp3) is 0.379. The lowest BCUT2D eigenvalue weighted by molar-refractivity contribution is -0.127. The lowest BCUT2D eigenvalue weighted by Crippen LogP contribution is -2.41. The van der Waals surface area contributed by atoms with Crippen molar-refractivity contribution in [1.29, 1.82) is 0 Å². The number of carbonyl (C=O) groups excluding carboxylic acids is 1. The number of amides is 1. The summed E-state index contributed by atoms with van der Waals surface area (Å²) in [5, 5.41) is 0.335. The molecule has 0 radical (unpaired) electrons. The Morgan fingerprint density at radius 1 is 1.07 bits per heavy atom. The molecule has 4 rings (SSSR count). The summed E-state index contributed by atoms with van der Waals surface area (Å²) in [6.45, 7) is 5.29. The predicted molar refractivity (Wildman–Crippen MR) is 163 cm³/mol. The zero-order valence-corrected chi connectivity index (χ0v) is 24.6. The third kappa shape index (κ3) is 6.66. The first-order chi connectivity index (χ1) is 19.4. The van der Waals surface area contributed by atoms with E-state index in [-0.39, 0.29) is 25.4 Å². The highest BCUT2D eigenvalue weighted by molar-refractivity contribution is 7.88. The molecule has 218 valence electrons. The van der Waals surface area contributed by atoms with E-state index in [9.17, 15) is 22.8 Å². The fourth-order valence-corrected chi connectivity index (χ4v) is 5.45. The highest BCUT2D eigenvalue weighted by Gasteiger charge is 2.21. The number of hydrogen-bond donors (Lipinski definition) is 2. The summed E-state index contributed by atoms with van der Waals surface area (Å²) in [4.78, 5) is 45.8. The van der Waals surface area contributed by atoms with Crippen molar-refractivity contribution in [3.8, 4) is 11.1 Å². The first kappa shape index (κ1) is 29.9. The van der Waals surface area contributed by atoms with E-state index in [0.717, 1.165) is 40.4 Å². The van der Waals surface area contributed by atoms with Crippen molar-refractivity contribution in [2.75, 3.05) is 25.9 Å². The SMILES string of the molecule is CCCN(CCC)C(=O)C1=Cc2ccc(-c3ccc4c(=O)n(CCNS(C)(=O)=O)c(=O)n(C)c4c3)cc2N=C(N)C1. The van der Waals surface area contributed by atoms with Gasteiger partial charge in [-0.05, 0) is 48.2 Å². The zero-order chi connectivity index (χ0) is 29.9. The zero-order valence-electron chi connectivity index (χ0n) is 23.8. The molecular weight excluding hydrogens is 544 g/mol. The van der Waals surface area contributed by atoms with E-state index in [0.29, 0.717) is 41.1 Å². The Morgan fingerprint density at radius 2 is 1.73 bits per heavy atom. The molecule has 0 aliphatic carbocycles. The molecule has 2 heterocycles. The third-order valence-electron chi connectivity index (χ3n) is 6.93. The number of nitrogens with zero attached hydrogens (tertiary/aromatic N) is 4. The Labute approximate surface area is 239 Å². The molecule has 41 heavy (non-hydrogen) atoms. The van der Waals surface area contributed by atoms with Crippen molar-refractivity contribution < 1.29 is 13.2 Å². The summed E-state index contributed by atoms with van der Waals surface area (Å²) < 4.78 is 27.4. The number of aliphatic imine (C=N–C) groups is 1. The summed E-state index contributed by atoms with van der Waals surface area (Å²) >= 11 is 0. The van der Waals surface area contributed by atoms with Gasteiger partial charge in [0.05, 0.1) is 22.8 Å². The molecule has 1 aromatic heterocycles. The molecule has 0 saturated heterocycles. The van der Waals surface area contributed by atoms with Crippen molar-refractivity contribution in [2.24, 2.45) is 17.8 Å². The summed E-state index contributed by atoms with van der Waals surface area (Å²) in [5.74, 6) is 0.317. The van der Waals surface area contributed by atoms with Crippen LogP contribution in [0.15, 0.2) is 56.6 Å². The van der Waals surface area contributed by atoms with Gasteiger partial charge < -0.3 is 10.6 Å². The molecule has 12 heteroatoms. The van der Waals surface area contributed by atoms with E-state index >= 15 is 0 Å². The van der Waals surface area contributed by atoms with Crippen LogP contribution in [-0.4, -0.2) is 60.1 Å². The van der Waals surface area contributed by atoms with Gasteiger partial charge in [0.15, 0.2) is 0 Å². The lowest BCUT2D eigenvalue weighted by Gasteiger charge is -2.22. The normalized spacial score (nSPS) is 13.4. The topological polar surface area (TPSA) is 149 Å². The van der Waals surface area contributed by atoms with Crippen LogP contribution in [-0.2, 0) is 28.4 Å². The summed E-state index contributed by atoms with van der Waals surface area (Å²) in [6, 6.07) is 10.9. The molecule has 0 unspecified atom stereocenters. The largest absolute Gasteiger partial charge is 0.387 e. The van der Waals surface area contributed by atoms with Gasteiger partial charge in [-0.2, -0.15) is 0 Å². The van der Waals surface area contributed by atoms with Crippen LogP contribution in [0.4, 0.5) is 5.69 Å². The molecule has 1 aliphatic heterocycles. The first-order valence-corrected chi connectivity index (χ1v) is 15.5. The number of amidine groups is 1. The molecule has 0 saturated carbocycles. The third-order valence-corrected chi connectivity index (χ3v) is 7.66. The van der Waals surface area contributed by atoms with Gasteiger partial charge in [0.1, 0.15) is 5.84 Å². The number of rotatable bonds is 10. The molecule has 0 bridgehead atoms. The van der Waals surface area contributed by atoms with Crippen molar-refractivity contribution in [3.63, 3.8) is 0 Å². The second-order valence-electron chi connectivity index (χ2n) is 10.2. The van der Waals surface area contributed by atoms with E-state index in [1.165, 1.54) is 4.57 Å². The molecule has 3 N–H and O–H groups in total. The maximum atomic E-state index is 13.3. The Morgan fingerprint density at radius 3 is 2.39 bits per heavy atom. The molecule has 0 atom stereocenters. The molecule has 1 amide bonds. The van der Waals surface area contributed by atoms with Crippen LogP contribution in [0, 0.1) is 0 Å². The molecule has 3 aromatic rings. The van der Waals surface area contributed by atoms with Gasteiger partial charge in [-0.3, -0.25) is 18.7 Å². The van der Waals surface area contributed by atoms with Crippen LogP contribution in [0.25, 0.3) is 28.1 Å². The molecule has 0 fully saturated rings. The monoisotopic (exact) mass is 580 g/mol. The van der Waals surface area contributed by atoms with E-state index < -0.39 is 21.3 Å². The van der Waals surface area contributed by atoms with Crippen LogP contribution in [0.1, 0.15) is 38.7 Å². The number of aromatic nitrogens is 2. The number of fused-ring (bicyclic) bond motifs is 2. The predicted octanol–water partition coefficient (Wildman–Crippen LogP) is 2.34. The minimum absolute atomic E-state index is 0.0306. The summed E-state index contributed by atoms with van der Waals surface area (Å²) in [7, 11) is -1.88. The number of nitrogens with two attached hydrogens (primary N) is 1. The molecule has 1 aliphatic rings. The maximum Gasteiger partial charge on any atom is 0.331 e. The average Bonchev–Trinajstić information content (AvgIpc) is 3.09. The van der Waals surface area contributed by atoms with Crippen LogP contribution in [0.5, 0.6) is 0 Å². The van der Waals surface area contributed by atoms with Crippen molar-refractivity contribution >= 4 is 44.4 Å². The van der Waals surface area contributed by atoms with E-state index in [1.54, 1.807) is 25.2 Å². The summed E-state index contributed by atoms with van der Waals surface area (Å²) in [5.41, 5.74) is 9.23. The van der Waals surface area contributed by atoms with Crippen LogP contribution < -0.4 is 21.7 Å². The first-order valence-electron chi connectivity index (χ1n) is 13.6. The number of benzene rings is 2. The lowest BCUT2D eigenvalue weighted by atomic mass is 10.00. The van der Waals surface area contributed by atoms with Gasteiger partial charge in [0, 0.05) is 50.8 Å². The Hall–Kier alpha value is -4.03. The van der Waals surface area contributed by atoms with Crippen molar-refractivity contribution in [3.05, 3.63) is 68.4 Å². The van der Waals surface area contributed by atoms with E-state index in [4.69, 9.17) is 5.73 Å². The van der Waals surface area contributed by atoms with Gasteiger partial charge >= 0.3 is 5.69 Å². The maximum absolute atomic E-state index is 13.3. The van der Waals surface area contributed by atoms with Crippen molar-refractivity contribution in [1.82, 2.24) is 18.8 Å². The second kappa shape index (κ2) is 12.2. The van der Waals surface area contributed by atoms with Gasteiger partial charge in [0.25, 0.3) is 5.56 Å². The van der Waals surface area contributed by atoms with Gasteiger partial charge in [-0.25, -0.2) is 22.9 Å². The van der Waals surface area contributed by atoms with Gasteiger partial charge in [-0.1, -0.05) is 32.0 Å². The van der Waals surface area contributed by atoms with E-state index in [2.05, 4.69) is 9.71 Å². The number of sulfonamides is 1. The molecular formula is C29H36N6O5S. The standard InChI is InChI=1S/C29H36N6O5S/c1-5-12-34(13-6-2)27(36)22-15-21-8-7-19(16-24(21)32-26(30)18-22)20-9-10-23-25(17-20)33(3)29(38)35(28(23)37)14-11-31-41(4,39)40/h7-10,15-17,31H,5-6,11-14,18H2,1-4H3,(H2,30,32). The van der Waals surface area contributed by atoms with Crippen LogP contribution >= 0.6 is 0 Å². The number of nitrogens with one attached hydrogen (secondary N) is 1. The smallest absolute Gasteiger partial charge is 0.331 e. The highest BCUT2D eigenvalue weighted by Crippen LogP contribution is 2.33. The minimum atomic E-state index is -3.45. The van der Waals surface area contributed by atoms with Crippen LogP contribution in [0.2, 0.25) is 0 Å². The molecule has 2 aromatic carbocycles. The molecule has 11 nitrogen and oxygen atoms in total. The van der Waals surface area contributed by atoms with Crippen LogP contribution in [0.3, 0.4) is 0 Å². The number of aryl methyl sites for hydroxylation is 1. The second-order valence-corrected chi connectivity index (χ2v) is 12.0. The number of hydrogen-bond acceptors (Lipinski definition) is 7. The van der Waals surface area contributed by atoms with Gasteiger partial charge in [-0.15, -0.1) is 0 Å². The average molecular weight is 581 g/mol. The van der Waals surface area contributed by atoms with E-state index in [1.807, 2.05) is 43.0 Å². The summed E-state index contributed by atoms with van der Waals surface area (Å²) in [6.07, 6.45) is 4.87. The quantitative estimate of drug-likeness (QED) is 0.376. The van der Waals surface area contributed by atoms with Crippen molar-refractivity contribution in [2.45, 2.75) is 39.7 Å². The Bertz CT molecular complexity index is 1780. The Balaban J connectivity index is 1.71. The Kier molecular flexibility index (Phi) is 8.93. The molecule has 0 spiro atoms. The van der Waals surface area contributed by atoms with Gasteiger partial charge in [0.2, 0.25) is 15.9 Å². The highest BCUT2D eigenvalue weighted by atomic mass is 32.2.